The fourth-order valence-corrected chi connectivity index (χ4v) is 2.04. The summed E-state index contributed by atoms with van der Waals surface area (Å²) in [5.74, 6) is 1.04. The molecule has 0 aliphatic rings. The summed E-state index contributed by atoms with van der Waals surface area (Å²) < 4.78 is 2.14. The van der Waals surface area contributed by atoms with E-state index < -0.39 is 0 Å². The predicted octanol–water partition coefficient (Wildman–Crippen LogP) is 3.47. The van der Waals surface area contributed by atoms with E-state index >= 15 is 0 Å². The Balaban J connectivity index is 2.07. The van der Waals surface area contributed by atoms with Crippen molar-refractivity contribution in [1.82, 2.24) is 14.9 Å². The van der Waals surface area contributed by atoms with Crippen LogP contribution in [0.2, 0.25) is 5.02 Å². The number of halogens is 1. The Labute approximate surface area is 119 Å². The summed E-state index contributed by atoms with van der Waals surface area (Å²) in [4.78, 5) is 4.41. The van der Waals surface area contributed by atoms with Gasteiger partial charge < -0.3 is 9.88 Å². The SMILES string of the molecule is CC(C)(C)NCc1nccn1Cc1cccc(Cl)c1. The molecule has 0 aliphatic carbocycles. The van der Waals surface area contributed by atoms with E-state index in [1.54, 1.807) is 0 Å². The molecule has 1 N–H and O–H groups in total. The van der Waals surface area contributed by atoms with E-state index in [1.165, 1.54) is 5.56 Å². The standard InChI is InChI=1S/C15H20ClN3/c1-15(2,3)18-10-14-17-7-8-19(14)11-12-5-4-6-13(16)9-12/h4-9,18H,10-11H2,1-3H3. The Morgan fingerprint density at radius 1 is 1.32 bits per heavy atom. The number of hydrogen-bond acceptors (Lipinski definition) is 2. The van der Waals surface area contributed by atoms with E-state index in [9.17, 15) is 0 Å². The van der Waals surface area contributed by atoms with Gasteiger partial charge in [0.2, 0.25) is 0 Å². The first-order valence-electron chi connectivity index (χ1n) is 6.43. The minimum atomic E-state index is 0.0901. The van der Waals surface area contributed by atoms with E-state index in [0.29, 0.717) is 0 Å². The van der Waals surface area contributed by atoms with Gasteiger partial charge in [0.05, 0.1) is 6.54 Å². The monoisotopic (exact) mass is 277 g/mol. The van der Waals surface area contributed by atoms with Crippen LogP contribution in [-0.4, -0.2) is 15.1 Å². The van der Waals surface area contributed by atoms with Crippen LogP contribution >= 0.6 is 11.6 Å². The number of nitrogens with zero attached hydrogens (tertiary/aromatic N) is 2. The lowest BCUT2D eigenvalue weighted by atomic mass is 10.1. The quantitative estimate of drug-likeness (QED) is 0.927. The summed E-state index contributed by atoms with van der Waals surface area (Å²) in [5.41, 5.74) is 1.27. The minimum absolute atomic E-state index is 0.0901. The Morgan fingerprint density at radius 3 is 2.79 bits per heavy atom. The Hall–Kier alpha value is -1.32. The van der Waals surface area contributed by atoms with Crippen LogP contribution in [0.3, 0.4) is 0 Å². The van der Waals surface area contributed by atoms with Crippen molar-refractivity contribution < 1.29 is 0 Å². The summed E-state index contributed by atoms with van der Waals surface area (Å²) in [6.07, 6.45) is 3.84. The van der Waals surface area contributed by atoms with Crippen molar-refractivity contribution in [2.75, 3.05) is 0 Å². The average Bonchev–Trinajstić information content (AvgIpc) is 2.73. The van der Waals surface area contributed by atoms with Crippen molar-refractivity contribution in [1.29, 1.82) is 0 Å². The first-order valence-corrected chi connectivity index (χ1v) is 6.81. The summed E-state index contributed by atoms with van der Waals surface area (Å²) in [6, 6.07) is 7.93. The Bertz CT molecular complexity index is 540. The average molecular weight is 278 g/mol. The molecule has 0 atom stereocenters. The zero-order valence-electron chi connectivity index (χ0n) is 11.7. The van der Waals surface area contributed by atoms with Crippen molar-refractivity contribution in [2.24, 2.45) is 0 Å². The smallest absolute Gasteiger partial charge is 0.122 e. The largest absolute Gasteiger partial charge is 0.329 e. The van der Waals surface area contributed by atoms with Gasteiger partial charge in [0.1, 0.15) is 5.82 Å². The topological polar surface area (TPSA) is 29.9 Å². The van der Waals surface area contributed by atoms with Crippen molar-refractivity contribution >= 4 is 11.6 Å². The van der Waals surface area contributed by atoms with Crippen molar-refractivity contribution in [3.8, 4) is 0 Å². The molecule has 0 saturated heterocycles. The van der Waals surface area contributed by atoms with Gasteiger partial charge in [-0.05, 0) is 38.5 Å². The third-order valence-electron chi connectivity index (χ3n) is 2.82. The first-order chi connectivity index (χ1) is 8.94. The minimum Gasteiger partial charge on any atom is -0.329 e. The van der Waals surface area contributed by atoms with E-state index in [1.807, 2.05) is 30.6 Å². The van der Waals surface area contributed by atoms with Crippen LogP contribution in [0.15, 0.2) is 36.7 Å². The first kappa shape index (κ1) is 14.1. The van der Waals surface area contributed by atoms with Crippen LogP contribution in [0, 0.1) is 0 Å². The highest BCUT2D eigenvalue weighted by molar-refractivity contribution is 6.30. The highest BCUT2D eigenvalue weighted by Gasteiger charge is 2.11. The van der Waals surface area contributed by atoms with Crippen LogP contribution in [0.1, 0.15) is 32.2 Å². The molecule has 2 rings (SSSR count). The highest BCUT2D eigenvalue weighted by Crippen LogP contribution is 2.13. The third kappa shape index (κ3) is 4.37. The van der Waals surface area contributed by atoms with Gasteiger partial charge in [-0.25, -0.2) is 4.98 Å². The molecule has 102 valence electrons. The van der Waals surface area contributed by atoms with E-state index in [2.05, 4.69) is 41.7 Å². The van der Waals surface area contributed by atoms with Gasteiger partial charge in [-0.2, -0.15) is 0 Å². The zero-order chi connectivity index (χ0) is 13.9. The second kappa shape index (κ2) is 5.76. The summed E-state index contributed by atoms with van der Waals surface area (Å²) in [6.45, 7) is 8.00. The fourth-order valence-electron chi connectivity index (χ4n) is 1.83. The third-order valence-corrected chi connectivity index (χ3v) is 3.06. The molecular formula is C15H20ClN3. The molecule has 2 aromatic rings. The molecule has 1 aromatic heterocycles. The van der Waals surface area contributed by atoms with Crippen molar-refractivity contribution in [3.05, 3.63) is 53.1 Å². The van der Waals surface area contributed by atoms with E-state index in [0.717, 1.165) is 23.9 Å². The summed E-state index contributed by atoms with van der Waals surface area (Å²) in [5, 5.41) is 4.22. The number of aromatic nitrogens is 2. The maximum atomic E-state index is 6.01. The van der Waals surface area contributed by atoms with Gasteiger partial charge in [0, 0.05) is 29.5 Å². The lowest BCUT2D eigenvalue weighted by molar-refractivity contribution is 0.413. The molecule has 0 amide bonds. The number of nitrogens with one attached hydrogen (secondary N) is 1. The summed E-state index contributed by atoms with van der Waals surface area (Å²) >= 11 is 6.01. The van der Waals surface area contributed by atoms with Gasteiger partial charge in [-0.1, -0.05) is 23.7 Å². The van der Waals surface area contributed by atoms with Crippen molar-refractivity contribution in [2.45, 2.75) is 39.4 Å². The molecule has 4 heteroatoms. The molecular weight excluding hydrogens is 258 g/mol. The van der Waals surface area contributed by atoms with Crippen molar-refractivity contribution in [3.63, 3.8) is 0 Å². The molecule has 19 heavy (non-hydrogen) atoms. The fraction of sp³-hybridized carbons (Fsp3) is 0.400. The molecule has 0 unspecified atom stereocenters. The molecule has 3 nitrogen and oxygen atoms in total. The molecule has 1 heterocycles. The molecule has 0 fully saturated rings. The predicted molar refractivity (Wildman–Crippen MR) is 79.4 cm³/mol. The number of rotatable bonds is 4. The van der Waals surface area contributed by atoms with Crippen LogP contribution in [0.5, 0.6) is 0 Å². The highest BCUT2D eigenvalue weighted by atomic mass is 35.5. The normalized spacial score (nSPS) is 11.8. The molecule has 0 radical (unpaired) electrons. The van der Waals surface area contributed by atoms with Gasteiger partial charge in [0.25, 0.3) is 0 Å². The molecule has 0 spiro atoms. The second-order valence-corrected chi connectivity index (χ2v) is 6.14. The Morgan fingerprint density at radius 2 is 2.11 bits per heavy atom. The van der Waals surface area contributed by atoms with E-state index in [4.69, 9.17) is 11.6 Å². The van der Waals surface area contributed by atoms with Gasteiger partial charge >= 0.3 is 0 Å². The van der Waals surface area contributed by atoms with Gasteiger partial charge in [-0.15, -0.1) is 0 Å². The van der Waals surface area contributed by atoms with Crippen LogP contribution in [0.4, 0.5) is 0 Å². The zero-order valence-corrected chi connectivity index (χ0v) is 12.4. The van der Waals surface area contributed by atoms with Gasteiger partial charge in [0.15, 0.2) is 0 Å². The molecule has 1 aromatic carbocycles. The van der Waals surface area contributed by atoms with E-state index in [-0.39, 0.29) is 5.54 Å². The maximum Gasteiger partial charge on any atom is 0.122 e. The second-order valence-electron chi connectivity index (χ2n) is 5.70. The molecule has 0 bridgehead atoms. The number of benzene rings is 1. The lowest BCUT2D eigenvalue weighted by Gasteiger charge is -2.20. The number of hydrogen-bond donors (Lipinski definition) is 1. The van der Waals surface area contributed by atoms with Crippen LogP contribution in [-0.2, 0) is 13.1 Å². The van der Waals surface area contributed by atoms with Gasteiger partial charge in [-0.3, -0.25) is 0 Å². The molecule has 0 aliphatic heterocycles. The number of imidazole rings is 1. The van der Waals surface area contributed by atoms with Crippen LogP contribution in [0.25, 0.3) is 0 Å². The lowest BCUT2D eigenvalue weighted by Crippen LogP contribution is -2.36. The summed E-state index contributed by atoms with van der Waals surface area (Å²) in [7, 11) is 0. The Kier molecular flexibility index (Phi) is 4.27. The van der Waals surface area contributed by atoms with Crippen LogP contribution < -0.4 is 5.32 Å². The maximum absolute atomic E-state index is 6.01. The molecule has 0 saturated carbocycles.